The topological polar surface area (TPSA) is 90.3 Å². The van der Waals surface area contributed by atoms with Crippen LogP contribution in [0.1, 0.15) is 101 Å². The van der Waals surface area contributed by atoms with Gasteiger partial charge in [0, 0.05) is 5.75 Å². The molecule has 0 spiro atoms. The highest BCUT2D eigenvalue weighted by Gasteiger charge is 2.56. The standard InChI is InChI=1S/C28H44N2O2S/c1-28-15-14-23-22-11-10-21(31)18-20(22)17-19(26(23)24(28)12-13-25(28)32)9-7-5-3-2-4-6-8-16-33-27(29)30/h10-11,18-19,23-26,31-32H,2-9,12-17H2,1H3,(H3,29,30)/t19-,23?,24?,25+,26?,28+/m1/s1. The Morgan fingerprint density at radius 3 is 2.58 bits per heavy atom. The van der Waals surface area contributed by atoms with E-state index in [-0.39, 0.29) is 16.7 Å². The Balaban J connectivity index is 1.31. The highest BCUT2D eigenvalue weighted by Crippen LogP contribution is 2.62. The second-order valence-corrected chi connectivity index (χ2v) is 12.4. The fourth-order valence-electron chi connectivity index (χ4n) is 7.61. The molecular weight excluding hydrogens is 428 g/mol. The number of unbranched alkanes of at least 4 members (excludes halogenated alkanes) is 6. The number of hydrogen-bond acceptors (Lipinski definition) is 4. The number of rotatable bonds is 10. The molecule has 4 rings (SSSR count). The maximum absolute atomic E-state index is 10.8. The molecule has 33 heavy (non-hydrogen) atoms. The Labute approximate surface area is 204 Å². The van der Waals surface area contributed by atoms with Gasteiger partial charge in [0.2, 0.25) is 0 Å². The van der Waals surface area contributed by atoms with E-state index in [4.69, 9.17) is 11.1 Å². The van der Waals surface area contributed by atoms with Crippen LogP contribution in [0.5, 0.6) is 5.75 Å². The van der Waals surface area contributed by atoms with Gasteiger partial charge in [0.15, 0.2) is 5.17 Å². The van der Waals surface area contributed by atoms with Crippen LogP contribution in [0.2, 0.25) is 0 Å². The lowest BCUT2D eigenvalue weighted by atomic mass is 9.52. The van der Waals surface area contributed by atoms with Gasteiger partial charge in [-0.25, -0.2) is 0 Å². The number of aliphatic hydroxyl groups is 1. The van der Waals surface area contributed by atoms with Crippen LogP contribution < -0.4 is 5.73 Å². The van der Waals surface area contributed by atoms with E-state index >= 15 is 0 Å². The molecule has 1 aromatic rings. The fourth-order valence-corrected chi connectivity index (χ4v) is 8.17. The number of nitrogens with one attached hydrogen (secondary N) is 1. The lowest BCUT2D eigenvalue weighted by molar-refractivity contribution is -0.0396. The minimum absolute atomic E-state index is 0.106. The van der Waals surface area contributed by atoms with Crippen LogP contribution in [0.3, 0.4) is 0 Å². The van der Waals surface area contributed by atoms with Gasteiger partial charge >= 0.3 is 0 Å². The zero-order valence-electron chi connectivity index (χ0n) is 20.4. The summed E-state index contributed by atoms with van der Waals surface area (Å²) in [5.41, 5.74) is 8.36. The van der Waals surface area contributed by atoms with Crippen molar-refractivity contribution in [3.05, 3.63) is 29.3 Å². The molecule has 3 aliphatic rings. The molecule has 0 saturated heterocycles. The number of fused-ring (bicyclic) bond motifs is 5. The van der Waals surface area contributed by atoms with E-state index in [1.165, 1.54) is 80.7 Å². The first-order valence-electron chi connectivity index (χ1n) is 13.4. The summed E-state index contributed by atoms with van der Waals surface area (Å²) in [7, 11) is 0. The smallest absolute Gasteiger partial charge is 0.151 e. The molecule has 3 unspecified atom stereocenters. The van der Waals surface area contributed by atoms with Crippen molar-refractivity contribution in [3.8, 4) is 5.75 Å². The normalized spacial score (nSPS) is 32.7. The monoisotopic (exact) mass is 472 g/mol. The second-order valence-electron chi connectivity index (χ2n) is 11.3. The van der Waals surface area contributed by atoms with Crippen LogP contribution in [0, 0.1) is 28.6 Å². The summed E-state index contributed by atoms with van der Waals surface area (Å²) < 4.78 is 0. The van der Waals surface area contributed by atoms with Crippen molar-refractivity contribution in [3.63, 3.8) is 0 Å². The number of hydrogen-bond donors (Lipinski definition) is 4. The molecule has 1 aromatic carbocycles. The van der Waals surface area contributed by atoms with Crippen LogP contribution in [0.25, 0.3) is 0 Å². The van der Waals surface area contributed by atoms with Crippen LogP contribution >= 0.6 is 11.8 Å². The van der Waals surface area contributed by atoms with Crippen LogP contribution in [0.4, 0.5) is 0 Å². The van der Waals surface area contributed by atoms with Crippen molar-refractivity contribution in [2.24, 2.45) is 28.9 Å². The van der Waals surface area contributed by atoms with E-state index < -0.39 is 0 Å². The van der Waals surface area contributed by atoms with E-state index in [1.807, 2.05) is 12.1 Å². The minimum atomic E-state index is -0.126. The van der Waals surface area contributed by atoms with E-state index in [0.717, 1.165) is 31.4 Å². The number of amidine groups is 1. The largest absolute Gasteiger partial charge is 0.508 e. The highest BCUT2D eigenvalue weighted by molar-refractivity contribution is 8.13. The number of benzene rings is 1. The van der Waals surface area contributed by atoms with Gasteiger partial charge in [-0.1, -0.05) is 63.3 Å². The van der Waals surface area contributed by atoms with Crippen molar-refractivity contribution >= 4 is 16.9 Å². The zero-order chi connectivity index (χ0) is 23.4. The van der Waals surface area contributed by atoms with E-state index in [1.54, 1.807) is 0 Å². The van der Waals surface area contributed by atoms with E-state index in [0.29, 0.717) is 29.4 Å². The molecule has 5 heteroatoms. The number of nitrogens with two attached hydrogens (primary N) is 1. The van der Waals surface area contributed by atoms with Gasteiger partial charge in [0.05, 0.1) is 6.10 Å². The summed E-state index contributed by atoms with van der Waals surface area (Å²) in [4.78, 5) is 0. The molecule has 0 amide bonds. The molecule has 5 N–H and O–H groups in total. The van der Waals surface area contributed by atoms with Gasteiger partial charge in [-0.15, -0.1) is 0 Å². The van der Waals surface area contributed by atoms with E-state index in [9.17, 15) is 10.2 Å². The second kappa shape index (κ2) is 11.0. The molecule has 4 nitrogen and oxygen atoms in total. The number of thioether (sulfide) groups is 1. The quantitative estimate of drug-likeness (QED) is 0.176. The minimum Gasteiger partial charge on any atom is -0.508 e. The summed E-state index contributed by atoms with van der Waals surface area (Å²) >= 11 is 1.46. The molecule has 0 radical (unpaired) electrons. The van der Waals surface area contributed by atoms with Crippen molar-refractivity contribution in [2.45, 2.75) is 102 Å². The lowest BCUT2D eigenvalue weighted by Gasteiger charge is -2.53. The molecule has 0 heterocycles. The summed E-state index contributed by atoms with van der Waals surface area (Å²) in [5, 5.41) is 28.4. The van der Waals surface area contributed by atoms with E-state index in [2.05, 4.69) is 13.0 Å². The summed E-state index contributed by atoms with van der Waals surface area (Å²) in [5.74, 6) is 4.01. The number of phenols is 1. The highest BCUT2D eigenvalue weighted by atomic mass is 32.2. The lowest BCUT2D eigenvalue weighted by Crippen LogP contribution is -2.47. The number of phenolic OH excluding ortho intramolecular Hbond substituents is 1. The molecule has 0 bridgehead atoms. The van der Waals surface area contributed by atoms with Crippen molar-refractivity contribution in [2.75, 3.05) is 5.75 Å². The average Bonchev–Trinajstić information content (AvgIpc) is 3.08. The van der Waals surface area contributed by atoms with Gasteiger partial charge < -0.3 is 15.9 Å². The molecule has 184 valence electrons. The summed E-state index contributed by atoms with van der Waals surface area (Å²) in [6, 6.07) is 6.11. The van der Waals surface area contributed by atoms with Gasteiger partial charge in [0.25, 0.3) is 0 Å². The third-order valence-corrected chi connectivity index (χ3v) is 10.1. The first-order chi connectivity index (χ1) is 15.9. The number of aromatic hydroxyl groups is 1. The maximum Gasteiger partial charge on any atom is 0.151 e. The maximum atomic E-state index is 10.8. The van der Waals surface area contributed by atoms with Crippen molar-refractivity contribution in [1.82, 2.24) is 0 Å². The van der Waals surface area contributed by atoms with Gasteiger partial charge in [-0.2, -0.15) is 0 Å². The van der Waals surface area contributed by atoms with Gasteiger partial charge in [-0.05, 0) is 97.3 Å². The Morgan fingerprint density at radius 2 is 1.82 bits per heavy atom. The third-order valence-electron chi connectivity index (χ3n) is 9.31. The molecule has 0 aliphatic heterocycles. The third kappa shape index (κ3) is 5.56. The van der Waals surface area contributed by atoms with Crippen molar-refractivity contribution in [1.29, 1.82) is 5.41 Å². The SMILES string of the molecule is C[C@]12CCC3c4ccc(O)cc4C[C@@H](CCCCCCCCCSC(=N)N)C3C1CC[C@@H]2O. The molecule has 3 aliphatic carbocycles. The predicted molar refractivity (Wildman–Crippen MR) is 139 cm³/mol. The Hall–Kier alpha value is -1.20. The molecule has 2 fully saturated rings. The fraction of sp³-hybridized carbons (Fsp3) is 0.750. The summed E-state index contributed by atoms with van der Waals surface area (Å²) in [6.45, 7) is 2.36. The van der Waals surface area contributed by atoms with Crippen LogP contribution in [-0.4, -0.2) is 27.2 Å². The molecule has 6 atom stereocenters. The zero-order valence-corrected chi connectivity index (χ0v) is 21.2. The van der Waals surface area contributed by atoms with Gasteiger partial charge in [-0.3, -0.25) is 5.41 Å². The Bertz CT molecular complexity index is 815. The molecular formula is C28H44N2O2S. The Kier molecular flexibility index (Phi) is 8.32. The first kappa shape index (κ1) is 24.9. The predicted octanol–water partition coefficient (Wildman–Crippen LogP) is 6.58. The summed E-state index contributed by atoms with van der Waals surface area (Å²) in [6.07, 6.45) is 15.7. The Morgan fingerprint density at radius 1 is 1.09 bits per heavy atom. The average molecular weight is 473 g/mol. The number of aliphatic hydroxyl groups excluding tert-OH is 1. The van der Waals surface area contributed by atoms with Gasteiger partial charge in [0.1, 0.15) is 5.75 Å². The molecule has 0 aromatic heterocycles. The first-order valence-corrected chi connectivity index (χ1v) is 14.4. The molecule has 2 saturated carbocycles. The van der Waals surface area contributed by atoms with Crippen LogP contribution in [-0.2, 0) is 6.42 Å². The van der Waals surface area contributed by atoms with Crippen LogP contribution in [0.15, 0.2) is 18.2 Å². The van der Waals surface area contributed by atoms with Crippen molar-refractivity contribution < 1.29 is 10.2 Å².